The SMILES string of the molecule is Cc1ncnc(N(CCBr)C(C)C)c1F. The van der Waals surface area contributed by atoms with E-state index < -0.39 is 0 Å². The first kappa shape index (κ1) is 12.4. The van der Waals surface area contributed by atoms with Crippen LogP contribution in [0.2, 0.25) is 0 Å². The number of hydrogen-bond donors (Lipinski definition) is 0. The lowest BCUT2D eigenvalue weighted by Crippen LogP contribution is -2.34. The Morgan fingerprint density at radius 3 is 2.67 bits per heavy atom. The first-order chi connectivity index (χ1) is 7.07. The molecule has 0 fully saturated rings. The molecule has 0 aliphatic carbocycles. The van der Waals surface area contributed by atoms with Gasteiger partial charge in [0.2, 0.25) is 0 Å². The summed E-state index contributed by atoms with van der Waals surface area (Å²) in [6.07, 6.45) is 1.40. The molecule has 0 saturated heterocycles. The van der Waals surface area contributed by atoms with E-state index >= 15 is 0 Å². The molecule has 84 valence electrons. The van der Waals surface area contributed by atoms with Crippen LogP contribution in [0, 0.1) is 12.7 Å². The molecule has 1 aromatic rings. The Morgan fingerprint density at radius 2 is 2.13 bits per heavy atom. The van der Waals surface area contributed by atoms with E-state index in [4.69, 9.17) is 0 Å². The van der Waals surface area contributed by atoms with Gasteiger partial charge in [-0.2, -0.15) is 0 Å². The monoisotopic (exact) mass is 275 g/mol. The van der Waals surface area contributed by atoms with Gasteiger partial charge in [-0.3, -0.25) is 0 Å². The first-order valence-corrected chi connectivity index (χ1v) is 5.99. The zero-order valence-corrected chi connectivity index (χ0v) is 10.8. The fourth-order valence-corrected chi connectivity index (χ4v) is 1.73. The molecule has 0 spiro atoms. The highest BCUT2D eigenvalue weighted by Gasteiger charge is 2.17. The van der Waals surface area contributed by atoms with Gasteiger partial charge < -0.3 is 4.90 Å². The van der Waals surface area contributed by atoms with Gasteiger partial charge in [0, 0.05) is 17.9 Å². The van der Waals surface area contributed by atoms with Gasteiger partial charge in [-0.25, -0.2) is 14.4 Å². The molecule has 1 aromatic heterocycles. The molecular weight excluding hydrogens is 261 g/mol. The average Bonchev–Trinajstić information content (AvgIpc) is 2.19. The van der Waals surface area contributed by atoms with Gasteiger partial charge in [0.25, 0.3) is 0 Å². The zero-order chi connectivity index (χ0) is 11.4. The van der Waals surface area contributed by atoms with E-state index in [1.54, 1.807) is 6.92 Å². The molecule has 0 saturated carbocycles. The van der Waals surface area contributed by atoms with Crippen LogP contribution in [0.25, 0.3) is 0 Å². The van der Waals surface area contributed by atoms with Crippen molar-refractivity contribution in [1.29, 1.82) is 0 Å². The summed E-state index contributed by atoms with van der Waals surface area (Å²) in [7, 11) is 0. The molecule has 3 nitrogen and oxygen atoms in total. The van der Waals surface area contributed by atoms with Crippen LogP contribution in [0.1, 0.15) is 19.5 Å². The van der Waals surface area contributed by atoms with Gasteiger partial charge in [0.05, 0.1) is 5.69 Å². The molecule has 5 heteroatoms. The molecule has 0 N–H and O–H groups in total. The highest BCUT2D eigenvalue weighted by molar-refractivity contribution is 9.09. The van der Waals surface area contributed by atoms with Gasteiger partial charge in [-0.05, 0) is 20.8 Å². The summed E-state index contributed by atoms with van der Waals surface area (Å²) in [4.78, 5) is 9.73. The lowest BCUT2D eigenvalue weighted by molar-refractivity contribution is 0.579. The highest BCUT2D eigenvalue weighted by Crippen LogP contribution is 2.19. The Bertz CT molecular complexity index is 330. The first-order valence-electron chi connectivity index (χ1n) is 4.87. The third kappa shape index (κ3) is 2.87. The van der Waals surface area contributed by atoms with Crippen molar-refractivity contribution in [1.82, 2.24) is 9.97 Å². The van der Waals surface area contributed by atoms with E-state index in [1.165, 1.54) is 6.33 Å². The van der Waals surface area contributed by atoms with Gasteiger partial charge >= 0.3 is 0 Å². The minimum atomic E-state index is -0.327. The van der Waals surface area contributed by atoms with Crippen molar-refractivity contribution in [2.24, 2.45) is 0 Å². The summed E-state index contributed by atoms with van der Waals surface area (Å²) in [5.74, 6) is 0.0594. The smallest absolute Gasteiger partial charge is 0.186 e. The topological polar surface area (TPSA) is 29.0 Å². The van der Waals surface area contributed by atoms with Crippen molar-refractivity contribution in [3.8, 4) is 0 Å². The summed E-state index contributed by atoms with van der Waals surface area (Å²) < 4.78 is 13.8. The van der Waals surface area contributed by atoms with E-state index in [9.17, 15) is 4.39 Å². The largest absolute Gasteiger partial charge is 0.351 e. The molecule has 0 unspecified atom stereocenters. The molecule has 0 bridgehead atoms. The number of nitrogens with zero attached hydrogens (tertiary/aromatic N) is 3. The zero-order valence-electron chi connectivity index (χ0n) is 9.17. The predicted octanol–water partition coefficient (Wildman–Crippen LogP) is 2.53. The second kappa shape index (κ2) is 5.39. The quantitative estimate of drug-likeness (QED) is 0.791. The Kier molecular flexibility index (Phi) is 4.45. The maximum atomic E-state index is 13.8. The van der Waals surface area contributed by atoms with Gasteiger partial charge in [0.1, 0.15) is 6.33 Å². The van der Waals surface area contributed by atoms with Crippen molar-refractivity contribution < 1.29 is 4.39 Å². The molecule has 0 aromatic carbocycles. The number of aromatic nitrogens is 2. The van der Waals surface area contributed by atoms with Crippen LogP contribution in [0.5, 0.6) is 0 Å². The highest BCUT2D eigenvalue weighted by atomic mass is 79.9. The molecule has 0 aliphatic heterocycles. The third-order valence-electron chi connectivity index (χ3n) is 2.17. The van der Waals surface area contributed by atoms with E-state index in [0.29, 0.717) is 11.5 Å². The predicted molar refractivity (Wildman–Crippen MR) is 63.0 cm³/mol. The number of rotatable bonds is 4. The number of aryl methyl sites for hydroxylation is 1. The van der Waals surface area contributed by atoms with Crippen LogP contribution in [-0.2, 0) is 0 Å². The number of anilines is 1. The molecule has 15 heavy (non-hydrogen) atoms. The summed E-state index contributed by atoms with van der Waals surface area (Å²) in [6, 6.07) is 0.214. The van der Waals surface area contributed by atoms with Gasteiger partial charge in [-0.15, -0.1) is 0 Å². The molecule has 0 radical (unpaired) electrons. The number of hydrogen-bond acceptors (Lipinski definition) is 3. The third-order valence-corrected chi connectivity index (χ3v) is 2.52. The number of alkyl halides is 1. The van der Waals surface area contributed by atoms with Gasteiger partial charge in [0.15, 0.2) is 11.6 Å². The second-order valence-electron chi connectivity index (χ2n) is 3.57. The molecule has 1 heterocycles. The van der Waals surface area contributed by atoms with Crippen molar-refractivity contribution >= 4 is 21.7 Å². The van der Waals surface area contributed by atoms with Crippen LogP contribution in [0.15, 0.2) is 6.33 Å². The Hall–Kier alpha value is -0.710. The summed E-state index contributed by atoms with van der Waals surface area (Å²) >= 11 is 3.35. The Labute approximate surface area is 97.9 Å². The lowest BCUT2D eigenvalue weighted by Gasteiger charge is -2.27. The van der Waals surface area contributed by atoms with Crippen molar-refractivity contribution in [2.75, 3.05) is 16.8 Å². The minimum absolute atomic E-state index is 0.214. The van der Waals surface area contributed by atoms with E-state index in [1.807, 2.05) is 18.7 Å². The van der Waals surface area contributed by atoms with Crippen LogP contribution in [-0.4, -0.2) is 27.9 Å². The fourth-order valence-electron chi connectivity index (χ4n) is 1.35. The van der Waals surface area contributed by atoms with Crippen molar-refractivity contribution in [3.05, 3.63) is 17.8 Å². The van der Waals surface area contributed by atoms with Crippen LogP contribution in [0.3, 0.4) is 0 Å². The lowest BCUT2D eigenvalue weighted by atomic mass is 10.3. The summed E-state index contributed by atoms with van der Waals surface area (Å²) in [5, 5.41) is 0.785. The maximum absolute atomic E-state index is 13.8. The molecule has 0 aliphatic rings. The van der Waals surface area contributed by atoms with Crippen molar-refractivity contribution in [3.63, 3.8) is 0 Å². The standard InChI is InChI=1S/C10H15BrFN3/c1-7(2)15(5-4-11)10-9(12)8(3)13-6-14-10/h6-7H,4-5H2,1-3H3. The fraction of sp³-hybridized carbons (Fsp3) is 0.600. The van der Waals surface area contributed by atoms with Gasteiger partial charge in [-0.1, -0.05) is 15.9 Å². The van der Waals surface area contributed by atoms with Crippen molar-refractivity contribution in [2.45, 2.75) is 26.8 Å². The average molecular weight is 276 g/mol. The number of halogens is 2. The molecule has 0 atom stereocenters. The van der Waals surface area contributed by atoms with E-state index in [-0.39, 0.29) is 11.9 Å². The second-order valence-corrected chi connectivity index (χ2v) is 4.37. The van der Waals surface area contributed by atoms with Crippen LogP contribution < -0.4 is 4.90 Å². The van der Waals surface area contributed by atoms with Crippen LogP contribution >= 0.6 is 15.9 Å². The summed E-state index contributed by atoms with van der Waals surface area (Å²) in [5.41, 5.74) is 0.389. The Morgan fingerprint density at radius 1 is 1.47 bits per heavy atom. The molecule has 1 rings (SSSR count). The molecular formula is C10H15BrFN3. The van der Waals surface area contributed by atoms with Crippen LogP contribution in [0.4, 0.5) is 10.2 Å². The summed E-state index contributed by atoms with van der Waals surface area (Å²) in [6.45, 7) is 6.40. The molecule has 0 amide bonds. The Balaban J connectivity index is 3.05. The normalized spacial score (nSPS) is 10.8. The van der Waals surface area contributed by atoms with E-state index in [2.05, 4.69) is 25.9 Å². The van der Waals surface area contributed by atoms with E-state index in [0.717, 1.165) is 11.9 Å². The maximum Gasteiger partial charge on any atom is 0.186 e. The minimum Gasteiger partial charge on any atom is -0.351 e.